The summed E-state index contributed by atoms with van der Waals surface area (Å²) in [7, 11) is -3.15. The number of benzene rings is 2. The van der Waals surface area contributed by atoms with Gasteiger partial charge in [-0.25, -0.2) is 12.7 Å². The second kappa shape index (κ2) is 9.03. The minimum absolute atomic E-state index is 0.130. The summed E-state index contributed by atoms with van der Waals surface area (Å²) in [4.78, 5) is 16.8. The highest BCUT2D eigenvalue weighted by molar-refractivity contribution is 7.89. The van der Waals surface area contributed by atoms with E-state index in [-0.39, 0.29) is 17.7 Å². The number of anilines is 2. The van der Waals surface area contributed by atoms with Crippen molar-refractivity contribution >= 4 is 38.1 Å². The largest absolute Gasteiger partial charge is 0.382 e. The van der Waals surface area contributed by atoms with Crippen LogP contribution in [0, 0.1) is 0 Å². The molecule has 1 aromatic heterocycles. The first-order chi connectivity index (χ1) is 15.0. The number of amides is 1. The van der Waals surface area contributed by atoms with Crippen LogP contribution in [0.15, 0.2) is 60.9 Å². The molecule has 0 atom stereocenters. The van der Waals surface area contributed by atoms with Gasteiger partial charge in [-0.3, -0.25) is 9.78 Å². The quantitative estimate of drug-likeness (QED) is 0.612. The summed E-state index contributed by atoms with van der Waals surface area (Å²) in [6.45, 7) is 2.69. The lowest BCUT2D eigenvalue weighted by Gasteiger charge is -2.32. The number of hydrogen-bond acceptors (Lipinski definition) is 5. The standard InChI is InChI=1S/C23H26N4O3S/c1-2-31(29,30)27-12-9-19(10-13-27)25-22-15-20(14-18-8-11-24-16-21(18)22)26-23(28)17-6-4-3-5-7-17/h3-8,11,14-16,19,25H,2,9-10,12-13H2,1H3,(H,26,28). The van der Waals surface area contributed by atoms with Gasteiger partial charge in [0.05, 0.1) is 5.75 Å². The van der Waals surface area contributed by atoms with Crippen LogP contribution in [0.4, 0.5) is 11.4 Å². The molecule has 31 heavy (non-hydrogen) atoms. The number of carbonyl (C=O) groups excluding carboxylic acids is 1. The fourth-order valence-electron chi connectivity index (χ4n) is 3.86. The predicted octanol–water partition coefficient (Wildman–Crippen LogP) is 3.71. The topological polar surface area (TPSA) is 91.4 Å². The van der Waals surface area contributed by atoms with Crippen molar-refractivity contribution in [1.82, 2.24) is 9.29 Å². The van der Waals surface area contributed by atoms with Crippen molar-refractivity contribution in [3.05, 3.63) is 66.5 Å². The first kappa shape index (κ1) is 21.3. The number of aromatic nitrogens is 1. The highest BCUT2D eigenvalue weighted by Gasteiger charge is 2.27. The molecule has 4 rings (SSSR count). The molecule has 1 aliphatic heterocycles. The van der Waals surface area contributed by atoms with Crippen LogP contribution in [-0.4, -0.2) is 48.5 Å². The van der Waals surface area contributed by atoms with Crippen molar-refractivity contribution in [1.29, 1.82) is 0 Å². The molecular formula is C23H26N4O3S. The molecule has 8 heteroatoms. The Morgan fingerprint density at radius 1 is 1.13 bits per heavy atom. The van der Waals surface area contributed by atoms with Gasteiger partial charge in [-0.15, -0.1) is 0 Å². The number of carbonyl (C=O) groups is 1. The summed E-state index contributed by atoms with van der Waals surface area (Å²) in [5.74, 6) is -0.0390. The van der Waals surface area contributed by atoms with Gasteiger partial charge >= 0.3 is 0 Å². The zero-order valence-electron chi connectivity index (χ0n) is 17.4. The van der Waals surface area contributed by atoms with E-state index in [1.807, 2.05) is 36.4 Å². The molecule has 1 fully saturated rings. The zero-order chi connectivity index (χ0) is 21.8. The third-order valence-electron chi connectivity index (χ3n) is 5.62. The second-order valence-electron chi connectivity index (χ2n) is 7.66. The average molecular weight is 439 g/mol. The summed E-state index contributed by atoms with van der Waals surface area (Å²) >= 11 is 0. The summed E-state index contributed by atoms with van der Waals surface area (Å²) in [5, 5.41) is 8.46. The average Bonchev–Trinajstić information content (AvgIpc) is 2.80. The van der Waals surface area contributed by atoms with E-state index >= 15 is 0 Å². The van der Waals surface area contributed by atoms with E-state index in [1.165, 1.54) is 0 Å². The Bertz CT molecular complexity index is 1170. The highest BCUT2D eigenvalue weighted by atomic mass is 32.2. The Hall–Kier alpha value is -2.97. The lowest BCUT2D eigenvalue weighted by atomic mass is 10.0. The van der Waals surface area contributed by atoms with Gasteiger partial charge < -0.3 is 10.6 Å². The van der Waals surface area contributed by atoms with Crippen molar-refractivity contribution in [3.63, 3.8) is 0 Å². The van der Waals surface area contributed by atoms with Gasteiger partial charge in [0.1, 0.15) is 0 Å². The Kier molecular flexibility index (Phi) is 6.20. The number of sulfonamides is 1. The highest BCUT2D eigenvalue weighted by Crippen LogP contribution is 2.30. The fraction of sp³-hybridized carbons (Fsp3) is 0.304. The number of rotatable bonds is 6. The molecule has 2 N–H and O–H groups in total. The maximum absolute atomic E-state index is 12.6. The molecule has 1 saturated heterocycles. The number of piperidine rings is 1. The van der Waals surface area contributed by atoms with E-state index in [0.717, 1.165) is 29.3 Å². The number of nitrogens with one attached hydrogen (secondary N) is 2. The van der Waals surface area contributed by atoms with Crippen LogP contribution < -0.4 is 10.6 Å². The monoisotopic (exact) mass is 438 g/mol. The third kappa shape index (κ3) is 4.86. The van der Waals surface area contributed by atoms with Gasteiger partial charge in [-0.1, -0.05) is 18.2 Å². The predicted molar refractivity (Wildman–Crippen MR) is 124 cm³/mol. The van der Waals surface area contributed by atoms with Gasteiger partial charge in [0.25, 0.3) is 5.91 Å². The lowest BCUT2D eigenvalue weighted by Crippen LogP contribution is -2.42. The lowest BCUT2D eigenvalue weighted by molar-refractivity contribution is 0.102. The van der Waals surface area contributed by atoms with Crippen molar-refractivity contribution in [2.75, 3.05) is 29.5 Å². The molecule has 1 amide bonds. The Morgan fingerprint density at radius 2 is 1.87 bits per heavy atom. The van der Waals surface area contributed by atoms with Crippen LogP contribution in [-0.2, 0) is 10.0 Å². The molecule has 3 aromatic rings. The normalized spacial score (nSPS) is 15.6. The second-order valence-corrected chi connectivity index (χ2v) is 9.92. The van der Waals surface area contributed by atoms with Crippen LogP contribution in [0.3, 0.4) is 0 Å². The van der Waals surface area contributed by atoms with Crippen molar-refractivity contribution in [3.8, 4) is 0 Å². The third-order valence-corrected chi connectivity index (χ3v) is 7.50. The van der Waals surface area contributed by atoms with Crippen molar-refractivity contribution < 1.29 is 13.2 Å². The molecule has 0 unspecified atom stereocenters. The maximum atomic E-state index is 12.6. The van der Waals surface area contributed by atoms with Crippen LogP contribution in [0.25, 0.3) is 10.8 Å². The molecule has 2 heterocycles. The minimum Gasteiger partial charge on any atom is -0.382 e. The number of hydrogen-bond donors (Lipinski definition) is 2. The molecule has 0 bridgehead atoms. The SMILES string of the molecule is CCS(=O)(=O)N1CCC(Nc2cc(NC(=O)c3ccccc3)cc3ccncc23)CC1. The van der Waals surface area contributed by atoms with Gasteiger partial charge in [0, 0.05) is 53.8 Å². The van der Waals surface area contributed by atoms with Crippen LogP contribution >= 0.6 is 0 Å². The smallest absolute Gasteiger partial charge is 0.255 e. The fourth-order valence-corrected chi connectivity index (χ4v) is 5.00. The van der Waals surface area contributed by atoms with E-state index < -0.39 is 10.0 Å². The molecule has 0 aliphatic carbocycles. The summed E-state index contributed by atoms with van der Waals surface area (Å²) in [6, 6.07) is 15.0. The van der Waals surface area contributed by atoms with E-state index in [1.54, 1.807) is 35.8 Å². The van der Waals surface area contributed by atoms with Gasteiger partial charge in [-0.2, -0.15) is 0 Å². The summed E-state index contributed by atoms with van der Waals surface area (Å²) in [5.41, 5.74) is 2.17. The van der Waals surface area contributed by atoms with Crippen molar-refractivity contribution in [2.24, 2.45) is 0 Å². The molecule has 1 aliphatic rings. The van der Waals surface area contributed by atoms with Crippen LogP contribution in [0.5, 0.6) is 0 Å². The van der Waals surface area contributed by atoms with Gasteiger partial charge in [-0.05, 0) is 55.5 Å². The molecule has 0 radical (unpaired) electrons. The molecule has 0 spiro atoms. The zero-order valence-corrected chi connectivity index (χ0v) is 18.2. The molecule has 162 valence electrons. The first-order valence-corrected chi connectivity index (χ1v) is 12.1. The van der Waals surface area contributed by atoms with Crippen LogP contribution in [0.2, 0.25) is 0 Å². The van der Waals surface area contributed by atoms with E-state index in [9.17, 15) is 13.2 Å². The summed E-state index contributed by atoms with van der Waals surface area (Å²) < 4.78 is 25.8. The number of fused-ring (bicyclic) bond motifs is 1. The van der Waals surface area contributed by atoms with E-state index in [2.05, 4.69) is 15.6 Å². The van der Waals surface area contributed by atoms with Gasteiger partial charge in [0.15, 0.2) is 0 Å². The van der Waals surface area contributed by atoms with E-state index in [4.69, 9.17) is 0 Å². The Balaban J connectivity index is 1.54. The molecule has 0 saturated carbocycles. The van der Waals surface area contributed by atoms with E-state index in [0.29, 0.717) is 24.3 Å². The Morgan fingerprint density at radius 3 is 2.58 bits per heavy atom. The number of pyridine rings is 1. The maximum Gasteiger partial charge on any atom is 0.255 e. The Labute approximate surface area is 182 Å². The first-order valence-electron chi connectivity index (χ1n) is 10.4. The molecular weight excluding hydrogens is 412 g/mol. The molecule has 2 aromatic carbocycles. The molecule has 7 nitrogen and oxygen atoms in total. The number of nitrogens with zero attached hydrogens (tertiary/aromatic N) is 2. The van der Waals surface area contributed by atoms with Crippen molar-refractivity contribution in [2.45, 2.75) is 25.8 Å². The van der Waals surface area contributed by atoms with Gasteiger partial charge in [0.2, 0.25) is 10.0 Å². The van der Waals surface area contributed by atoms with Crippen LogP contribution in [0.1, 0.15) is 30.1 Å². The minimum atomic E-state index is -3.15. The summed E-state index contributed by atoms with van der Waals surface area (Å²) in [6.07, 6.45) is 4.98.